The fourth-order valence-corrected chi connectivity index (χ4v) is 6.04. The molecule has 2 unspecified atom stereocenters. The van der Waals surface area contributed by atoms with E-state index < -0.39 is 0 Å². The number of hydrogen-bond donors (Lipinski definition) is 1. The third-order valence-corrected chi connectivity index (χ3v) is 7.89. The van der Waals surface area contributed by atoms with Gasteiger partial charge in [-0.15, -0.1) is 0 Å². The zero-order valence-corrected chi connectivity index (χ0v) is 19.8. The topological polar surface area (TPSA) is 52.7 Å². The zero-order valence-electron chi connectivity index (χ0n) is 19.0. The molecule has 5 nitrogen and oxygen atoms in total. The molecule has 1 amide bonds. The molecule has 174 valence electrons. The van der Waals surface area contributed by atoms with Crippen molar-refractivity contribution in [1.29, 1.82) is 0 Å². The summed E-state index contributed by atoms with van der Waals surface area (Å²) in [4.78, 5) is 29.7. The fraction of sp³-hybridized carbons (Fsp3) is 0.481. The van der Waals surface area contributed by atoms with Crippen molar-refractivity contribution in [1.82, 2.24) is 15.1 Å². The Labute approximate surface area is 201 Å². The second-order valence-corrected chi connectivity index (χ2v) is 10.1. The number of rotatable bonds is 5. The smallest absolute Gasteiger partial charge is 0.210 e. The molecule has 0 spiro atoms. The van der Waals surface area contributed by atoms with Crippen LogP contribution in [0.3, 0.4) is 0 Å². The largest absolute Gasteiger partial charge is 0.336 e. The molecule has 1 aliphatic carbocycles. The molecule has 0 radical (unpaired) electrons. The fourth-order valence-electron chi connectivity index (χ4n) is 5.85. The minimum absolute atomic E-state index is 0.0434. The third kappa shape index (κ3) is 4.72. The number of fused-ring (bicyclic) bond motifs is 1. The van der Waals surface area contributed by atoms with Gasteiger partial charge in [0.15, 0.2) is 5.78 Å². The van der Waals surface area contributed by atoms with Crippen LogP contribution in [0.15, 0.2) is 42.5 Å². The van der Waals surface area contributed by atoms with Gasteiger partial charge in [-0.3, -0.25) is 14.5 Å². The van der Waals surface area contributed by atoms with Gasteiger partial charge in [0.1, 0.15) is 0 Å². The van der Waals surface area contributed by atoms with Crippen LogP contribution >= 0.6 is 11.6 Å². The normalized spacial score (nSPS) is 24.3. The minimum Gasteiger partial charge on any atom is -0.336 e. The third-order valence-electron chi connectivity index (χ3n) is 7.66. The van der Waals surface area contributed by atoms with Gasteiger partial charge in [0, 0.05) is 42.8 Å². The van der Waals surface area contributed by atoms with Crippen LogP contribution in [-0.2, 0) is 11.2 Å². The van der Waals surface area contributed by atoms with Gasteiger partial charge in [0.05, 0.1) is 12.1 Å². The van der Waals surface area contributed by atoms with Gasteiger partial charge in [-0.05, 0) is 48.1 Å². The number of nitrogens with one attached hydrogen (secondary N) is 1. The lowest BCUT2D eigenvalue weighted by Crippen LogP contribution is -2.51. The van der Waals surface area contributed by atoms with E-state index in [1.165, 1.54) is 43.2 Å². The van der Waals surface area contributed by atoms with E-state index in [1.807, 2.05) is 17.0 Å². The minimum atomic E-state index is -0.367. The summed E-state index contributed by atoms with van der Waals surface area (Å²) in [6, 6.07) is 14.0. The Morgan fingerprint density at radius 3 is 2.70 bits per heavy atom. The van der Waals surface area contributed by atoms with Crippen LogP contribution in [-0.4, -0.2) is 54.2 Å². The van der Waals surface area contributed by atoms with E-state index in [1.54, 1.807) is 12.1 Å². The van der Waals surface area contributed by atoms with Crippen molar-refractivity contribution in [2.75, 3.05) is 26.2 Å². The lowest BCUT2D eigenvalue weighted by molar-refractivity contribution is -0.123. The Morgan fingerprint density at radius 1 is 1.06 bits per heavy atom. The molecule has 2 aliphatic heterocycles. The van der Waals surface area contributed by atoms with E-state index >= 15 is 0 Å². The average molecular weight is 466 g/mol. The van der Waals surface area contributed by atoms with Crippen molar-refractivity contribution in [2.45, 2.75) is 56.7 Å². The SMILES string of the molecule is O=CN1CCN(C2CCCCC2)CC1c1ccc2c(c1)CCNC2C(=O)c1cccc(Cl)c1. The number of ketones is 1. The lowest BCUT2D eigenvalue weighted by Gasteiger charge is -2.44. The molecular weight excluding hydrogens is 434 g/mol. The number of carbonyl (C=O) groups is 2. The van der Waals surface area contributed by atoms with Crippen LogP contribution in [0.4, 0.5) is 0 Å². The summed E-state index contributed by atoms with van der Waals surface area (Å²) in [5.41, 5.74) is 4.04. The van der Waals surface area contributed by atoms with Gasteiger partial charge in [0.2, 0.25) is 6.41 Å². The first-order chi connectivity index (χ1) is 16.1. The molecule has 0 bridgehead atoms. The van der Waals surface area contributed by atoms with Crippen molar-refractivity contribution in [3.05, 3.63) is 69.7 Å². The first-order valence-electron chi connectivity index (χ1n) is 12.2. The summed E-state index contributed by atoms with van der Waals surface area (Å²) in [6.45, 7) is 3.39. The highest BCUT2D eigenvalue weighted by Gasteiger charge is 2.33. The second-order valence-electron chi connectivity index (χ2n) is 9.62. The second kappa shape index (κ2) is 9.96. The number of benzene rings is 2. The Balaban J connectivity index is 1.39. The molecule has 1 N–H and O–H groups in total. The Morgan fingerprint density at radius 2 is 1.91 bits per heavy atom. The van der Waals surface area contributed by atoms with E-state index in [4.69, 9.17) is 11.6 Å². The molecule has 1 saturated carbocycles. The molecule has 6 heteroatoms. The van der Waals surface area contributed by atoms with Gasteiger partial charge in [-0.1, -0.05) is 61.2 Å². The molecule has 5 rings (SSSR count). The Bertz CT molecular complexity index is 1020. The van der Waals surface area contributed by atoms with Crippen LogP contribution in [0.5, 0.6) is 0 Å². The zero-order chi connectivity index (χ0) is 22.8. The highest BCUT2D eigenvalue weighted by atomic mass is 35.5. The van der Waals surface area contributed by atoms with E-state index in [9.17, 15) is 9.59 Å². The molecule has 2 heterocycles. The summed E-state index contributed by atoms with van der Waals surface area (Å²) in [5, 5.41) is 3.96. The van der Waals surface area contributed by atoms with Gasteiger partial charge in [-0.2, -0.15) is 0 Å². The summed E-state index contributed by atoms with van der Waals surface area (Å²) < 4.78 is 0. The van der Waals surface area contributed by atoms with Crippen molar-refractivity contribution >= 4 is 23.8 Å². The van der Waals surface area contributed by atoms with Gasteiger partial charge in [0.25, 0.3) is 0 Å². The number of nitrogens with zero attached hydrogens (tertiary/aromatic N) is 2. The molecule has 3 aliphatic rings. The van der Waals surface area contributed by atoms with E-state index in [-0.39, 0.29) is 17.9 Å². The van der Waals surface area contributed by atoms with Gasteiger partial charge < -0.3 is 10.2 Å². The highest BCUT2D eigenvalue weighted by Crippen LogP contribution is 2.33. The predicted molar refractivity (Wildman–Crippen MR) is 131 cm³/mol. The van der Waals surface area contributed by atoms with E-state index in [2.05, 4.69) is 28.4 Å². The van der Waals surface area contributed by atoms with Crippen LogP contribution in [0.25, 0.3) is 0 Å². The number of carbonyl (C=O) groups excluding carboxylic acids is 2. The molecule has 33 heavy (non-hydrogen) atoms. The first kappa shape index (κ1) is 22.6. The lowest BCUT2D eigenvalue weighted by atomic mass is 9.86. The molecule has 2 fully saturated rings. The van der Waals surface area contributed by atoms with Crippen molar-refractivity contribution < 1.29 is 9.59 Å². The standard InChI is InChI=1S/C27H32ClN3O2/c28-22-6-4-5-21(16-22)27(33)26-24-10-9-20(15-19(24)11-12-29-26)25-17-30(13-14-31(25)18-32)23-7-2-1-3-8-23/h4-6,9-10,15-16,18,23,25-26,29H,1-3,7-8,11-14,17H2. The highest BCUT2D eigenvalue weighted by molar-refractivity contribution is 6.31. The molecule has 2 aromatic rings. The van der Waals surface area contributed by atoms with Crippen LogP contribution in [0.2, 0.25) is 5.02 Å². The number of hydrogen-bond acceptors (Lipinski definition) is 4. The van der Waals surface area contributed by atoms with Crippen molar-refractivity contribution in [3.63, 3.8) is 0 Å². The summed E-state index contributed by atoms with van der Waals surface area (Å²) >= 11 is 6.12. The van der Waals surface area contributed by atoms with Crippen LogP contribution in [0, 0.1) is 0 Å². The molecular formula is C27H32ClN3O2. The summed E-state index contributed by atoms with van der Waals surface area (Å²) in [6.07, 6.45) is 8.42. The maximum absolute atomic E-state index is 13.2. The molecule has 1 saturated heterocycles. The van der Waals surface area contributed by atoms with Crippen molar-refractivity contribution in [2.24, 2.45) is 0 Å². The van der Waals surface area contributed by atoms with E-state index in [0.29, 0.717) is 16.6 Å². The van der Waals surface area contributed by atoms with Gasteiger partial charge in [-0.25, -0.2) is 0 Å². The molecule has 2 aromatic carbocycles. The van der Waals surface area contributed by atoms with Crippen LogP contribution < -0.4 is 5.32 Å². The Hall–Kier alpha value is -2.21. The van der Waals surface area contributed by atoms with Gasteiger partial charge >= 0.3 is 0 Å². The molecule has 2 atom stereocenters. The maximum Gasteiger partial charge on any atom is 0.210 e. The average Bonchev–Trinajstić information content (AvgIpc) is 2.87. The van der Waals surface area contributed by atoms with Crippen molar-refractivity contribution in [3.8, 4) is 0 Å². The van der Waals surface area contributed by atoms with E-state index in [0.717, 1.165) is 44.6 Å². The summed E-state index contributed by atoms with van der Waals surface area (Å²) in [5.74, 6) is 0.0434. The van der Waals surface area contributed by atoms with Crippen LogP contribution in [0.1, 0.15) is 71.2 Å². The quantitative estimate of drug-likeness (QED) is 0.519. The maximum atomic E-state index is 13.2. The molecule has 0 aromatic heterocycles. The number of Topliss-reactive ketones (excluding diaryl/α,β-unsaturated/α-hetero) is 1. The predicted octanol–water partition coefficient (Wildman–Crippen LogP) is 4.56. The number of piperazine rings is 1. The Kier molecular flexibility index (Phi) is 6.81. The number of amides is 1. The number of halogens is 1. The monoisotopic (exact) mass is 465 g/mol. The summed E-state index contributed by atoms with van der Waals surface area (Å²) in [7, 11) is 0. The first-order valence-corrected chi connectivity index (χ1v) is 12.6.